The molecule has 4 heteroatoms. The van der Waals surface area contributed by atoms with E-state index < -0.39 is 0 Å². The Morgan fingerprint density at radius 1 is 1.15 bits per heavy atom. The van der Waals surface area contributed by atoms with Crippen LogP contribution in [0, 0.1) is 0 Å². The van der Waals surface area contributed by atoms with E-state index in [0.29, 0.717) is 17.4 Å². The SMILES string of the molecule is C[C@@H](N)c1cc(Cl)ccc1OCOCc1ccccc1. The molecule has 20 heavy (non-hydrogen) atoms. The van der Waals surface area contributed by atoms with Crippen molar-refractivity contribution in [3.8, 4) is 5.75 Å². The number of rotatable bonds is 6. The first kappa shape index (κ1) is 14.9. The van der Waals surface area contributed by atoms with Gasteiger partial charge in [-0.25, -0.2) is 0 Å². The van der Waals surface area contributed by atoms with Crippen LogP contribution in [0.2, 0.25) is 5.02 Å². The van der Waals surface area contributed by atoms with Gasteiger partial charge in [0.1, 0.15) is 5.75 Å². The van der Waals surface area contributed by atoms with Gasteiger partial charge < -0.3 is 15.2 Å². The molecule has 0 amide bonds. The average molecular weight is 292 g/mol. The molecule has 0 saturated carbocycles. The van der Waals surface area contributed by atoms with Crippen LogP contribution in [0.3, 0.4) is 0 Å². The highest BCUT2D eigenvalue weighted by atomic mass is 35.5. The van der Waals surface area contributed by atoms with Crippen LogP contribution in [0.15, 0.2) is 48.5 Å². The molecule has 2 aromatic rings. The highest BCUT2D eigenvalue weighted by molar-refractivity contribution is 6.30. The van der Waals surface area contributed by atoms with Gasteiger partial charge in [-0.15, -0.1) is 0 Å². The molecule has 1 atom stereocenters. The van der Waals surface area contributed by atoms with Crippen molar-refractivity contribution in [3.05, 3.63) is 64.7 Å². The predicted octanol–water partition coefficient (Wildman–Crippen LogP) is 3.91. The van der Waals surface area contributed by atoms with Crippen LogP contribution < -0.4 is 10.5 Å². The molecule has 0 aliphatic carbocycles. The molecule has 2 aromatic carbocycles. The first-order valence-corrected chi connectivity index (χ1v) is 6.84. The van der Waals surface area contributed by atoms with E-state index in [0.717, 1.165) is 11.1 Å². The lowest BCUT2D eigenvalue weighted by atomic mass is 10.1. The van der Waals surface area contributed by atoms with Gasteiger partial charge in [0.2, 0.25) is 0 Å². The van der Waals surface area contributed by atoms with Gasteiger partial charge >= 0.3 is 0 Å². The Morgan fingerprint density at radius 3 is 2.60 bits per heavy atom. The van der Waals surface area contributed by atoms with E-state index in [1.54, 1.807) is 6.07 Å². The van der Waals surface area contributed by atoms with Crippen molar-refractivity contribution >= 4 is 11.6 Å². The second-order valence-electron chi connectivity index (χ2n) is 4.57. The molecule has 0 spiro atoms. The minimum absolute atomic E-state index is 0.141. The summed E-state index contributed by atoms with van der Waals surface area (Å²) in [6, 6.07) is 15.2. The zero-order valence-corrected chi connectivity index (χ0v) is 12.1. The number of halogens is 1. The molecule has 3 nitrogen and oxygen atoms in total. The summed E-state index contributed by atoms with van der Waals surface area (Å²) in [5.74, 6) is 0.706. The minimum Gasteiger partial charge on any atom is -0.467 e. The Hall–Kier alpha value is -1.55. The Labute approximate surface area is 124 Å². The summed E-state index contributed by atoms with van der Waals surface area (Å²) in [7, 11) is 0. The van der Waals surface area contributed by atoms with Crippen LogP contribution >= 0.6 is 11.6 Å². The standard InChI is InChI=1S/C16H18ClNO2/c1-12(18)15-9-14(17)7-8-16(15)20-11-19-10-13-5-3-2-4-6-13/h2-9,12H,10-11,18H2,1H3/t12-/m1/s1. The van der Waals surface area contributed by atoms with Gasteiger partial charge in [0, 0.05) is 16.6 Å². The molecule has 0 radical (unpaired) electrons. The Bertz CT molecular complexity index is 543. The Balaban J connectivity index is 1.88. The van der Waals surface area contributed by atoms with Crippen molar-refractivity contribution in [1.82, 2.24) is 0 Å². The second kappa shape index (κ2) is 7.29. The van der Waals surface area contributed by atoms with Gasteiger partial charge in [0.05, 0.1) is 6.61 Å². The van der Waals surface area contributed by atoms with Crippen molar-refractivity contribution in [2.75, 3.05) is 6.79 Å². The molecule has 0 fully saturated rings. The third-order valence-electron chi connectivity index (χ3n) is 2.87. The highest BCUT2D eigenvalue weighted by Gasteiger charge is 2.09. The van der Waals surface area contributed by atoms with Crippen LogP contribution in [0.5, 0.6) is 5.75 Å². The molecule has 0 bridgehead atoms. The summed E-state index contributed by atoms with van der Waals surface area (Å²) in [5.41, 5.74) is 7.89. The normalized spacial score (nSPS) is 12.2. The monoisotopic (exact) mass is 291 g/mol. The Morgan fingerprint density at radius 2 is 1.90 bits per heavy atom. The fraction of sp³-hybridized carbons (Fsp3) is 0.250. The molecular weight excluding hydrogens is 274 g/mol. The van der Waals surface area contributed by atoms with Gasteiger partial charge in [0.25, 0.3) is 0 Å². The van der Waals surface area contributed by atoms with E-state index in [-0.39, 0.29) is 12.8 Å². The average Bonchev–Trinajstić information content (AvgIpc) is 2.45. The quantitative estimate of drug-likeness (QED) is 0.648. The molecule has 0 heterocycles. The number of benzene rings is 2. The smallest absolute Gasteiger partial charge is 0.189 e. The first-order chi connectivity index (χ1) is 9.66. The summed E-state index contributed by atoms with van der Waals surface area (Å²) < 4.78 is 11.1. The van der Waals surface area contributed by atoms with Crippen LogP contribution in [0.25, 0.3) is 0 Å². The summed E-state index contributed by atoms with van der Waals surface area (Å²) in [6.45, 7) is 2.58. The second-order valence-corrected chi connectivity index (χ2v) is 5.00. The fourth-order valence-corrected chi connectivity index (χ4v) is 2.03. The maximum absolute atomic E-state index is 5.96. The molecular formula is C16H18ClNO2. The number of ether oxygens (including phenoxy) is 2. The van der Waals surface area contributed by atoms with Gasteiger partial charge in [-0.3, -0.25) is 0 Å². The van der Waals surface area contributed by atoms with E-state index in [1.807, 2.05) is 49.4 Å². The van der Waals surface area contributed by atoms with E-state index in [9.17, 15) is 0 Å². The predicted molar refractivity (Wildman–Crippen MR) is 80.8 cm³/mol. The lowest BCUT2D eigenvalue weighted by Crippen LogP contribution is -2.10. The summed E-state index contributed by atoms with van der Waals surface area (Å²) in [6.07, 6.45) is 0. The summed E-state index contributed by atoms with van der Waals surface area (Å²) in [4.78, 5) is 0. The largest absolute Gasteiger partial charge is 0.467 e. The van der Waals surface area contributed by atoms with E-state index in [2.05, 4.69) is 0 Å². The van der Waals surface area contributed by atoms with Gasteiger partial charge in [0.15, 0.2) is 6.79 Å². The van der Waals surface area contributed by atoms with Crippen molar-refractivity contribution < 1.29 is 9.47 Å². The molecule has 106 valence electrons. The van der Waals surface area contributed by atoms with Gasteiger partial charge in [-0.2, -0.15) is 0 Å². The molecule has 2 N–H and O–H groups in total. The van der Waals surface area contributed by atoms with E-state index >= 15 is 0 Å². The lowest BCUT2D eigenvalue weighted by molar-refractivity contribution is 0.00441. The zero-order valence-electron chi connectivity index (χ0n) is 11.4. The molecule has 0 aromatic heterocycles. The van der Waals surface area contributed by atoms with Crippen LogP contribution in [0.4, 0.5) is 0 Å². The fourth-order valence-electron chi connectivity index (χ4n) is 1.85. The third-order valence-corrected chi connectivity index (χ3v) is 3.11. The highest BCUT2D eigenvalue weighted by Crippen LogP contribution is 2.27. The van der Waals surface area contributed by atoms with Crippen LogP contribution in [-0.2, 0) is 11.3 Å². The molecule has 0 unspecified atom stereocenters. The minimum atomic E-state index is -0.141. The maximum atomic E-state index is 5.96. The van der Waals surface area contributed by atoms with Crippen molar-refractivity contribution in [2.45, 2.75) is 19.6 Å². The summed E-state index contributed by atoms with van der Waals surface area (Å²) >= 11 is 5.96. The van der Waals surface area contributed by atoms with Crippen LogP contribution in [0.1, 0.15) is 24.1 Å². The molecule has 0 aliphatic rings. The first-order valence-electron chi connectivity index (χ1n) is 6.46. The van der Waals surface area contributed by atoms with Gasteiger partial charge in [-0.05, 0) is 30.7 Å². The van der Waals surface area contributed by atoms with Crippen molar-refractivity contribution in [1.29, 1.82) is 0 Å². The van der Waals surface area contributed by atoms with E-state index in [1.165, 1.54) is 0 Å². The van der Waals surface area contributed by atoms with E-state index in [4.69, 9.17) is 26.8 Å². The number of hydrogen-bond donors (Lipinski definition) is 1. The molecule has 0 saturated heterocycles. The lowest BCUT2D eigenvalue weighted by Gasteiger charge is -2.14. The number of nitrogens with two attached hydrogens (primary N) is 1. The summed E-state index contributed by atoms with van der Waals surface area (Å²) in [5, 5.41) is 0.648. The van der Waals surface area contributed by atoms with Crippen LogP contribution in [-0.4, -0.2) is 6.79 Å². The van der Waals surface area contributed by atoms with Crippen molar-refractivity contribution in [2.24, 2.45) is 5.73 Å². The maximum Gasteiger partial charge on any atom is 0.189 e. The molecule has 2 rings (SSSR count). The van der Waals surface area contributed by atoms with Crippen molar-refractivity contribution in [3.63, 3.8) is 0 Å². The molecule has 0 aliphatic heterocycles. The zero-order chi connectivity index (χ0) is 14.4. The topological polar surface area (TPSA) is 44.5 Å². The van der Waals surface area contributed by atoms with Gasteiger partial charge in [-0.1, -0.05) is 41.9 Å². The number of hydrogen-bond acceptors (Lipinski definition) is 3. The third kappa shape index (κ3) is 4.23. The Kier molecular flexibility index (Phi) is 5.41.